The zero-order valence-corrected chi connectivity index (χ0v) is 13.1. The molecule has 1 fully saturated rings. The predicted molar refractivity (Wildman–Crippen MR) is 80.8 cm³/mol. The van der Waals surface area contributed by atoms with Crippen LogP contribution in [0.3, 0.4) is 0 Å². The summed E-state index contributed by atoms with van der Waals surface area (Å²) in [4.78, 5) is 15.5. The molecule has 0 spiro atoms. The van der Waals surface area contributed by atoms with E-state index in [1.165, 1.54) is 11.3 Å². The Morgan fingerprint density at radius 1 is 1.32 bits per heavy atom. The highest BCUT2D eigenvalue weighted by Crippen LogP contribution is 2.27. The number of hydrogen-bond acceptors (Lipinski definition) is 3. The van der Waals surface area contributed by atoms with Crippen molar-refractivity contribution in [2.45, 2.75) is 45.2 Å². The first-order valence-electron chi connectivity index (χ1n) is 6.88. The van der Waals surface area contributed by atoms with Crippen LogP contribution in [0.15, 0.2) is 12.1 Å². The van der Waals surface area contributed by atoms with Gasteiger partial charge in [0, 0.05) is 24.0 Å². The van der Waals surface area contributed by atoms with Crippen molar-refractivity contribution in [2.24, 2.45) is 0 Å². The molecule has 2 heterocycles. The zero-order chi connectivity index (χ0) is 13.8. The number of halogens is 1. The minimum absolute atomic E-state index is 0.144. The average molecular weight is 301 g/mol. The molecule has 5 heteroatoms. The molecule has 1 aliphatic rings. The van der Waals surface area contributed by atoms with E-state index in [1.54, 1.807) is 11.3 Å². The second kappa shape index (κ2) is 6.73. The van der Waals surface area contributed by atoms with Gasteiger partial charge in [-0.25, -0.2) is 0 Å². The molecule has 0 saturated carbocycles. The van der Waals surface area contributed by atoms with Crippen molar-refractivity contribution in [1.29, 1.82) is 0 Å². The Morgan fingerprint density at radius 2 is 2.00 bits per heavy atom. The summed E-state index contributed by atoms with van der Waals surface area (Å²) < 4.78 is 0.790. The van der Waals surface area contributed by atoms with Gasteiger partial charge in [0.05, 0.1) is 10.4 Å². The molecule has 1 N–H and O–H groups in total. The molecule has 1 saturated heterocycles. The number of hydrogen-bond donors (Lipinski definition) is 1. The lowest BCUT2D eigenvalue weighted by Gasteiger charge is -2.30. The summed E-state index contributed by atoms with van der Waals surface area (Å²) in [5, 5.41) is 3.37. The number of piperidine rings is 1. The molecule has 2 unspecified atom stereocenters. The molecule has 1 aliphatic heterocycles. The van der Waals surface area contributed by atoms with Crippen molar-refractivity contribution in [2.75, 3.05) is 13.1 Å². The van der Waals surface area contributed by atoms with Crippen LogP contribution in [0.2, 0.25) is 4.34 Å². The molecule has 0 aromatic carbocycles. The molecule has 3 nitrogen and oxygen atoms in total. The van der Waals surface area contributed by atoms with Gasteiger partial charge < -0.3 is 4.90 Å². The Labute approximate surface area is 123 Å². The van der Waals surface area contributed by atoms with Gasteiger partial charge in [0.2, 0.25) is 5.91 Å². The van der Waals surface area contributed by atoms with Gasteiger partial charge in [-0.15, -0.1) is 11.3 Å². The molecule has 1 aromatic rings. The van der Waals surface area contributed by atoms with Crippen LogP contribution in [0.25, 0.3) is 0 Å². The number of rotatable bonds is 4. The first kappa shape index (κ1) is 14.8. The number of nitrogens with one attached hydrogen (secondary N) is 1. The molecule has 19 heavy (non-hydrogen) atoms. The molecule has 2 atom stereocenters. The van der Waals surface area contributed by atoms with Crippen LogP contribution in [0, 0.1) is 0 Å². The maximum Gasteiger partial charge on any atom is 0.239 e. The lowest BCUT2D eigenvalue weighted by molar-refractivity contribution is -0.134. The predicted octanol–water partition coefficient (Wildman–Crippen LogP) is 3.45. The van der Waals surface area contributed by atoms with Gasteiger partial charge in [0.15, 0.2) is 0 Å². The smallest absolute Gasteiger partial charge is 0.239 e. The minimum atomic E-state index is -0.144. The number of likely N-dealkylation sites (tertiary alicyclic amines) is 1. The van der Waals surface area contributed by atoms with Gasteiger partial charge in [-0.2, -0.15) is 0 Å². The minimum Gasteiger partial charge on any atom is -0.341 e. The first-order valence-corrected chi connectivity index (χ1v) is 8.07. The second-order valence-electron chi connectivity index (χ2n) is 5.14. The number of amides is 1. The average Bonchev–Trinajstić information content (AvgIpc) is 2.85. The second-order valence-corrected chi connectivity index (χ2v) is 6.88. The van der Waals surface area contributed by atoms with Crippen molar-refractivity contribution in [3.63, 3.8) is 0 Å². The third-order valence-corrected chi connectivity index (χ3v) is 4.97. The van der Waals surface area contributed by atoms with E-state index in [0.717, 1.165) is 30.3 Å². The van der Waals surface area contributed by atoms with Crippen LogP contribution in [0.5, 0.6) is 0 Å². The molecule has 0 aliphatic carbocycles. The quantitative estimate of drug-likeness (QED) is 0.923. The maximum absolute atomic E-state index is 12.3. The Morgan fingerprint density at radius 3 is 2.58 bits per heavy atom. The van der Waals surface area contributed by atoms with Crippen LogP contribution >= 0.6 is 22.9 Å². The molecule has 0 radical (unpaired) electrons. The highest BCUT2D eigenvalue weighted by Gasteiger charge is 2.23. The number of nitrogens with zero attached hydrogens (tertiary/aromatic N) is 1. The van der Waals surface area contributed by atoms with E-state index in [0.29, 0.717) is 0 Å². The van der Waals surface area contributed by atoms with Gasteiger partial charge in [0.25, 0.3) is 0 Å². The maximum atomic E-state index is 12.3. The van der Waals surface area contributed by atoms with E-state index in [1.807, 2.05) is 24.0 Å². The van der Waals surface area contributed by atoms with Gasteiger partial charge in [-0.1, -0.05) is 11.6 Å². The Balaban J connectivity index is 1.89. The summed E-state index contributed by atoms with van der Waals surface area (Å²) in [5.74, 6) is 0.217. The third kappa shape index (κ3) is 3.94. The molecule has 0 bridgehead atoms. The fourth-order valence-corrected chi connectivity index (χ4v) is 3.55. The lowest BCUT2D eigenvalue weighted by Crippen LogP contribution is -2.47. The summed E-state index contributed by atoms with van der Waals surface area (Å²) in [6, 6.07) is 3.93. The standard InChI is InChI=1S/C14H21ClN2OS/c1-10(12-6-7-13(15)19-12)16-11(2)14(18)17-8-4-3-5-9-17/h6-7,10-11,16H,3-5,8-9H2,1-2H3. The Hall–Kier alpha value is -0.580. The van der Waals surface area contributed by atoms with Crippen molar-refractivity contribution < 1.29 is 4.79 Å². The van der Waals surface area contributed by atoms with Crippen LogP contribution in [0.1, 0.15) is 44.0 Å². The van der Waals surface area contributed by atoms with Crippen molar-refractivity contribution in [1.82, 2.24) is 10.2 Å². The largest absolute Gasteiger partial charge is 0.341 e. The fraction of sp³-hybridized carbons (Fsp3) is 0.643. The highest BCUT2D eigenvalue weighted by molar-refractivity contribution is 7.16. The lowest BCUT2D eigenvalue weighted by atomic mass is 10.1. The van der Waals surface area contributed by atoms with Gasteiger partial charge >= 0.3 is 0 Å². The van der Waals surface area contributed by atoms with Gasteiger partial charge in [-0.05, 0) is 45.2 Å². The third-order valence-electron chi connectivity index (χ3n) is 3.56. The zero-order valence-electron chi connectivity index (χ0n) is 11.5. The monoisotopic (exact) mass is 300 g/mol. The molecule has 2 rings (SSSR count). The van der Waals surface area contributed by atoms with E-state index < -0.39 is 0 Å². The Bertz CT molecular complexity index is 429. The fourth-order valence-electron chi connectivity index (χ4n) is 2.48. The van der Waals surface area contributed by atoms with E-state index in [2.05, 4.69) is 12.2 Å². The normalized spacial score (nSPS) is 19.2. The Kier molecular flexibility index (Phi) is 5.25. The number of carbonyl (C=O) groups excluding carboxylic acids is 1. The van der Waals surface area contributed by atoms with Crippen LogP contribution in [-0.2, 0) is 4.79 Å². The molecule has 1 amide bonds. The highest BCUT2D eigenvalue weighted by atomic mass is 35.5. The SMILES string of the molecule is CC(NC(C)c1ccc(Cl)s1)C(=O)N1CCCCC1. The number of carbonyl (C=O) groups is 1. The molecular weight excluding hydrogens is 280 g/mol. The van der Waals surface area contributed by atoms with Crippen molar-refractivity contribution in [3.05, 3.63) is 21.3 Å². The van der Waals surface area contributed by atoms with E-state index in [-0.39, 0.29) is 18.0 Å². The topological polar surface area (TPSA) is 32.3 Å². The summed E-state index contributed by atoms with van der Waals surface area (Å²) in [6.07, 6.45) is 3.51. The van der Waals surface area contributed by atoms with Crippen molar-refractivity contribution >= 4 is 28.8 Å². The van der Waals surface area contributed by atoms with Crippen LogP contribution in [0.4, 0.5) is 0 Å². The number of thiophene rings is 1. The van der Waals surface area contributed by atoms with E-state index in [4.69, 9.17) is 11.6 Å². The molecule has 1 aromatic heterocycles. The summed E-state index contributed by atoms with van der Waals surface area (Å²) in [6.45, 7) is 5.83. The van der Waals surface area contributed by atoms with E-state index >= 15 is 0 Å². The van der Waals surface area contributed by atoms with Gasteiger partial charge in [-0.3, -0.25) is 10.1 Å². The molecule has 106 valence electrons. The first-order chi connectivity index (χ1) is 9.08. The summed E-state index contributed by atoms with van der Waals surface area (Å²) in [7, 11) is 0. The van der Waals surface area contributed by atoms with E-state index in [9.17, 15) is 4.79 Å². The van der Waals surface area contributed by atoms with Crippen molar-refractivity contribution in [3.8, 4) is 0 Å². The summed E-state index contributed by atoms with van der Waals surface area (Å²) >= 11 is 7.50. The van der Waals surface area contributed by atoms with Crippen LogP contribution in [-0.4, -0.2) is 29.9 Å². The summed E-state index contributed by atoms with van der Waals surface area (Å²) in [5.41, 5.74) is 0. The van der Waals surface area contributed by atoms with Crippen LogP contribution < -0.4 is 5.32 Å². The molecular formula is C14H21ClN2OS. The van der Waals surface area contributed by atoms with Gasteiger partial charge in [0.1, 0.15) is 0 Å².